The molecule has 6 nitrogen and oxygen atoms in total. The van der Waals surface area contributed by atoms with Gasteiger partial charge in [0.15, 0.2) is 0 Å². The molecule has 2 heterocycles. The van der Waals surface area contributed by atoms with Crippen LogP contribution in [-0.2, 0) is 14.9 Å². The van der Waals surface area contributed by atoms with Crippen LogP contribution in [-0.4, -0.2) is 66.6 Å². The molecule has 0 aromatic heterocycles. The summed E-state index contributed by atoms with van der Waals surface area (Å²) < 4.78 is 33.0. The number of β-amino-alcohol motifs (C(OH)–C–C–N with tert-alkyl or cyclic N) is 1. The molecule has 0 spiro atoms. The number of nitrogens with zero attached hydrogens (tertiary/aromatic N) is 2. The lowest BCUT2D eigenvalue weighted by Crippen LogP contribution is -2.52. The molecule has 0 aromatic carbocycles. The van der Waals surface area contributed by atoms with Crippen molar-refractivity contribution >= 4 is 10.2 Å². The second-order valence-corrected chi connectivity index (χ2v) is 6.81. The summed E-state index contributed by atoms with van der Waals surface area (Å²) in [6.45, 7) is 5.14. The minimum Gasteiger partial charge on any atom is -0.392 e. The highest BCUT2D eigenvalue weighted by Gasteiger charge is 2.38. The van der Waals surface area contributed by atoms with Crippen LogP contribution in [0.25, 0.3) is 0 Å². The summed E-state index contributed by atoms with van der Waals surface area (Å²) in [6, 6.07) is 0. The van der Waals surface area contributed by atoms with Gasteiger partial charge in [0.25, 0.3) is 10.2 Å². The first-order chi connectivity index (χ1) is 7.89. The number of aliphatic hydroxyl groups excluding tert-OH is 1. The van der Waals surface area contributed by atoms with Crippen LogP contribution in [0.15, 0.2) is 0 Å². The van der Waals surface area contributed by atoms with E-state index in [0.29, 0.717) is 26.1 Å². The van der Waals surface area contributed by atoms with Crippen LogP contribution >= 0.6 is 0 Å². The fourth-order valence-electron chi connectivity index (χ4n) is 2.40. The van der Waals surface area contributed by atoms with Gasteiger partial charge >= 0.3 is 0 Å². The van der Waals surface area contributed by atoms with Crippen LogP contribution in [0.2, 0.25) is 0 Å². The Bertz CT molecular complexity index is 363. The molecule has 0 amide bonds. The summed E-state index contributed by atoms with van der Waals surface area (Å²) in [7, 11) is -3.43. The van der Waals surface area contributed by atoms with Crippen molar-refractivity contribution in [3.63, 3.8) is 0 Å². The second kappa shape index (κ2) is 4.81. The maximum atomic E-state index is 12.3. The Balaban J connectivity index is 2.09. The molecule has 17 heavy (non-hydrogen) atoms. The highest BCUT2D eigenvalue weighted by Crippen LogP contribution is 2.21. The smallest absolute Gasteiger partial charge is 0.282 e. The average molecular weight is 264 g/mol. The average Bonchev–Trinajstić information content (AvgIpc) is 2.64. The number of rotatable bonds is 2. The molecule has 7 heteroatoms. The van der Waals surface area contributed by atoms with Crippen LogP contribution in [0.1, 0.15) is 20.3 Å². The molecule has 0 radical (unpaired) electrons. The summed E-state index contributed by atoms with van der Waals surface area (Å²) in [5.41, 5.74) is 0. The van der Waals surface area contributed by atoms with Gasteiger partial charge in [-0.1, -0.05) is 0 Å². The molecule has 2 fully saturated rings. The molecule has 2 rings (SSSR count). The standard InChI is InChI=1S/C10H20N2O4S/c1-8-5-12(6-9(2)16-8)17(14,15)11-4-3-10(13)7-11/h8-10,13H,3-7H2,1-2H3/t8?,9?,10-/m1/s1. The first-order valence-corrected chi connectivity index (χ1v) is 7.38. The lowest BCUT2D eigenvalue weighted by Gasteiger charge is -2.36. The van der Waals surface area contributed by atoms with E-state index in [1.165, 1.54) is 8.61 Å². The fraction of sp³-hybridized carbons (Fsp3) is 1.00. The SMILES string of the molecule is CC1CN(S(=O)(=O)N2CC[C@@H](O)C2)CC(C)O1. The zero-order valence-corrected chi connectivity index (χ0v) is 11.1. The van der Waals surface area contributed by atoms with Crippen LogP contribution in [0, 0.1) is 0 Å². The van der Waals surface area contributed by atoms with E-state index in [2.05, 4.69) is 0 Å². The monoisotopic (exact) mass is 264 g/mol. The van der Waals surface area contributed by atoms with E-state index in [9.17, 15) is 13.5 Å². The molecule has 0 aliphatic carbocycles. The fourth-order valence-corrected chi connectivity index (χ4v) is 4.22. The van der Waals surface area contributed by atoms with Crippen molar-refractivity contribution in [3.8, 4) is 0 Å². The van der Waals surface area contributed by atoms with E-state index in [1.54, 1.807) is 0 Å². The van der Waals surface area contributed by atoms with E-state index < -0.39 is 16.3 Å². The Morgan fingerprint density at radius 2 is 1.71 bits per heavy atom. The molecule has 2 saturated heterocycles. The lowest BCUT2D eigenvalue weighted by atomic mass is 10.3. The summed E-state index contributed by atoms with van der Waals surface area (Å²) in [5.74, 6) is 0. The molecule has 100 valence electrons. The van der Waals surface area contributed by atoms with E-state index in [-0.39, 0.29) is 18.8 Å². The predicted molar refractivity (Wildman–Crippen MR) is 62.7 cm³/mol. The number of ether oxygens (including phenoxy) is 1. The molecule has 0 saturated carbocycles. The van der Waals surface area contributed by atoms with E-state index in [0.717, 1.165) is 0 Å². The molecule has 3 atom stereocenters. The van der Waals surface area contributed by atoms with Crippen molar-refractivity contribution in [2.75, 3.05) is 26.2 Å². The van der Waals surface area contributed by atoms with E-state index in [4.69, 9.17) is 4.74 Å². The molecule has 0 aromatic rings. The van der Waals surface area contributed by atoms with E-state index in [1.807, 2.05) is 13.8 Å². The van der Waals surface area contributed by atoms with Gasteiger partial charge < -0.3 is 9.84 Å². The van der Waals surface area contributed by atoms with Crippen LogP contribution in [0.5, 0.6) is 0 Å². The van der Waals surface area contributed by atoms with Crippen LogP contribution in [0.3, 0.4) is 0 Å². The van der Waals surface area contributed by atoms with Gasteiger partial charge in [-0.15, -0.1) is 0 Å². The number of aliphatic hydroxyl groups is 1. The first-order valence-electron chi connectivity index (χ1n) is 5.98. The zero-order chi connectivity index (χ0) is 12.6. The van der Waals surface area contributed by atoms with Gasteiger partial charge in [-0.05, 0) is 20.3 Å². The van der Waals surface area contributed by atoms with Crippen LogP contribution in [0.4, 0.5) is 0 Å². The summed E-state index contributed by atoms with van der Waals surface area (Å²) in [4.78, 5) is 0. The molecular formula is C10H20N2O4S. The lowest BCUT2D eigenvalue weighted by molar-refractivity contribution is -0.0453. The zero-order valence-electron chi connectivity index (χ0n) is 10.2. The van der Waals surface area contributed by atoms with Gasteiger partial charge in [0.1, 0.15) is 0 Å². The summed E-state index contributed by atoms with van der Waals surface area (Å²) in [6.07, 6.45) is -0.169. The third kappa shape index (κ3) is 2.79. The van der Waals surface area contributed by atoms with Crippen molar-refractivity contribution in [2.45, 2.75) is 38.6 Å². The van der Waals surface area contributed by atoms with E-state index >= 15 is 0 Å². The molecule has 2 aliphatic heterocycles. The van der Waals surface area contributed by atoms with Gasteiger partial charge in [-0.25, -0.2) is 0 Å². The van der Waals surface area contributed by atoms with Gasteiger partial charge in [0.05, 0.1) is 18.3 Å². The van der Waals surface area contributed by atoms with Gasteiger partial charge in [0.2, 0.25) is 0 Å². The normalized spacial score (nSPS) is 37.5. The number of hydrogen-bond acceptors (Lipinski definition) is 4. The second-order valence-electron chi connectivity index (χ2n) is 4.88. The Labute approximate surface area is 102 Å². The molecule has 0 bridgehead atoms. The third-order valence-corrected chi connectivity index (χ3v) is 5.10. The Morgan fingerprint density at radius 1 is 1.12 bits per heavy atom. The summed E-state index contributed by atoms with van der Waals surface area (Å²) in [5, 5.41) is 9.42. The van der Waals surface area contributed by atoms with Crippen molar-refractivity contribution in [3.05, 3.63) is 0 Å². The number of morpholine rings is 1. The van der Waals surface area contributed by atoms with Gasteiger partial charge in [0, 0.05) is 26.2 Å². The molecule has 1 N–H and O–H groups in total. The quantitative estimate of drug-likeness (QED) is 0.723. The first kappa shape index (κ1) is 13.2. The third-order valence-electron chi connectivity index (χ3n) is 3.16. The Hall–Kier alpha value is -0.210. The molecule has 2 unspecified atom stereocenters. The largest absolute Gasteiger partial charge is 0.392 e. The number of hydrogen-bond donors (Lipinski definition) is 1. The summed E-state index contributed by atoms with van der Waals surface area (Å²) >= 11 is 0. The highest BCUT2D eigenvalue weighted by atomic mass is 32.2. The van der Waals surface area contributed by atoms with Crippen LogP contribution < -0.4 is 0 Å². The van der Waals surface area contributed by atoms with Gasteiger partial charge in [-0.3, -0.25) is 0 Å². The van der Waals surface area contributed by atoms with Gasteiger partial charge in [-0.2, -0.15) is 17.0 Å². The maximum absolute atomic E-state index is 12.3. The molecule has 2 aliphatic rings. The van der Waals surface area contributed by atoms with Crippen molar-refractivity contribution < 1.29 is 18.3 Å². The molecular weight excluding hydrogens is 244 g/mol. The predicted octanol–water partition coefficient (Wildman–Crippen LogP) is -0.593. The van der Waals surface area contributed by atoms with Crippen molar-refractivity contribution in [1.82, 2.24) is 8.61 Å². The Kier molecular flexibility index (Phi) is 3.74. The Morgan fingerprint density at radius 3 is 2.18 bits per heavy atom. The highest BCUT2D eigenvalue weighted by molar-refractivity contribution is 7.86. The maximum Gasteiger partial charge on any atom is 0.282 e. The minimum atomic E-state index is -3.43. The van der Waals surface area contributed by atoms with Crippen molar-refractivity contribution in [2.24, 2.45) is 0 Å². The minimum absolute atomic E-state index is 0.0824. The topological polar surface area (TPSA) is 70.1 Å². The van der Waals surface area contributed by atoms with Crippen molar-refractivity contribution in [1.29, 1.82) is 0 Å².